The number of hydrogen-bond donors (Lipinski definition) is 1. The van der Waals surface area contributed by atoms with E-state index < -0.39 is 0 Å². The molecule has 0 bridgehead atoms. The van der Waals surface area contributed by atoms with Crippen LogP contribution in [0.15, 0.2) is 42.7 Å². The highest BCUT2D eigenvalue weighted by molar-refractivity contribution is 5.93. The number of aromatic nitrogens is 1. The van der Waals surface area contributed by atoms with Gasteiger partial charge in [-0.05, 0) is 18.6 Å². The highest BCUT2D eigenvalue weighted by Gasteiger charge is 2.05. The number of rotatable bonds is 3. The van der Waals surface area contributed by atoms with Crippen molar-refractivity contribution in [3.8, 4) is 0 Å². The van der Waals surface area contributed by atoms with Crippen LogP contribution in [0.4, 0.5) is 0 Å². The van der Waals surface area contributed by atoms with Crippen molar-refractivity contribution in [2.75, 3.05) is 0 Å². The van der Waals surface area contributed by atoms with Crippen LogP contribution in [0.5, 0.6) is 0 Å². The monoisotopic (exact) mass is 228 g/mol. The number of carbonyl (C=O) groups is 1. The lowest BCUT2D eigenvalue weighted by molar-refractivity contribution is 0.0951. The SMILES string of the molecule is Cc1cccc(CNC(=O)c2ccn(C)c2)c1. The van der Waals surface area contributed by atoms with Crippen molar-refractivity contribution >= 4 is 5.91 Å². The molecule has 0 atom stereocenters. The summed E-state index contributed by atoms with van der Waals surface area (Å²) in [5, 5.41) is 2.90. The molecule has 0 aliphatic carbocycles. The topological polar surface area (TPSA) is 34.0 Å². The summed E-state index contributed by atoms with van der Waals surface area (Å²) in [6, 6.07) is 9.94. The van der Waals surface area contributed by atoms with E-state index in [-0.39, 0.29) is 5.91 Å². The van der Waals surface area contributed by atoms with Crippen molar-refractivity contribution < 1.29 is 4.79 Å². The maximum atomic E-state index is 11.8. The molecule has 1 aromatic heterocycles. The van der Waals surface area contributed by atoms with Crippen molar-refractivity contribution in [2.45, 2.75) is 13.5 Å². The second kappa shape index (κ2) is 4.87. The summed E-state index contributed by atoms with van der Waals surface area (Å²) in [6.45, 7) is 2.61. The maximum absolute atomic E-state index is 11.8. The molecule has 0 aliphatic heterocycles. The Hall–Kier alpha value is -2.03. The Morgan fingerprint density at radius 3 is 2.82 bits per heavy atom. The molecule has 1 heterocycles. The molecule has 17 heavy (non-hydrogen) atoms. The lowest BCUT2D eigenvalue weighted by Crippen LogP contribution is -2.22. The fraction of sp³-hybridized carbons (Fsp3) is 0.214. The highest BCUT2D eigenvalue weighted by Crippen LogP contribution is 2.04. The normalized spacial score (nSPS) is 10.2. The summed E-state index contributed by atoms with van der Waals surface area (Å²) >= 11 is 0. The summed E-state index contributed by atoms with van der Waals surface area (Å²) in [5.74, 6) is -0.0351. The van der Waals surface area contributed by atoms with E-state index in [0.29, 0.717) is 12.1 Å². The van der Waals surface area contributed by atoms with Gasteiger partial charge in [0, 0.05) is 26.0 Å². The minimum absolute atomic E-state index is 0.0351. The van der Waals surface area contributed by atoms with Crippen LogP contribution in [0.25, 0.3) is 0 Å². The second-order valence-corrected chi connectivity index (χ2v) is 4.24. The second-order valence-electron chi connectivity index (χ2n) is 4.24. The molecule has 0 unspecified atom stereocenters. The van der Waals surface area contributed by atoms with Crippen molar-refractivity contribution in [1.82, 2.24) is 9.88 Å². The van der Waals surface area contributed by atoms with Crippen LogP contribution in [-0.2, 0) is 13.6 Å². The lowest BCUT2D eigenvalue weighted by Gasteiger charge is -2.04. The van der Waals surface area contributed by atoms with Crippen LogP contribution < -0.4 is 5.32 Å². The average Bonchev–Trinajstić information content (AvgIpc) is 2.73. The number of aryl methyl sites for hydroxylation is 2. The Balaban J connectivity index is 1.97. The van der Waals surface area contributed by atoms with E-state index in [2.05, 4.69) is 11.4 Å². The number of amides is 1. The first-order chi connectivity index (χ1) is 8.15. The molecule has 0 saturated heterocycles. The molecule has 2 rings (SSSR count). The molecule has 0 saturated carbocycles. The summed E-state index contributed by atoms with van der Waals surface area (Å²) in [6.07, 6.45) is 3.67. The van der Waals surface area contributed by atoms with Gasteiger partial charge in [-0.2, -0.15) is 0 Å². The molecule has 2 aromatic rings. The van der Waals surface area contributed by atoms with Crippen molar-refractivity contribution in [1.29, 1.82) is 0 Å². The van der Waals surface area contributed by atoms with E-state index in [4.69, 9.17) is 0 Å². The molecule has 0 fully saturated rings. The van der Waals surface area contributed by atoms with Gasteiger partial charge in [-0.1, -0.05) is 29.8 Å². The van der Waals surface area contributed by atoms with Crippen LogP contribution in [-0.4, -0.2) is 10.5 Å². The summed E-state index contributed by atoms with van der Waals surface area (Å²) in [7, 11) is 1.90. The Bertz CT molecular complexity index is 529. The summed E-state index contributed by atoms with van der Waals surface area (Å²) < 4.78 is 1.86. The third kappa shape index (κ3) is 2.97. The van der Waals surface area contributed by atoms with Gasteiger partial charge >= 0.3 is 0 Å². The minimum atomic E-state index is -0.0351. The van der Waals surface area contributed by atoms with Gasteiger partial charge in [-0.15, -0.1) is 0 Å². The zero-order chi connectivity index (χ0) is 12.3. The fourth-order valence-electron chi connectivity index (χ4n) is 1.74. The third-order valence-corrected chi connectivity index (χ3v) is 2.63. The van der Waals surface area contributed by atoms with Crippen LogP contribution >= 0.6 is 0 Å². The summed E-state index contributed by atoms with van der Waals surface area (Å²) in [5.41, 5.74) is 3.02. The highest BCUT2D eigenvalue weighted by atomic mass is 16.1. The third-order valence-electron chi connectivity index (χ3n) is 2.63. The van der Waals surface area contributed by atoms with Gasteiger partial charge in [0.15, 0.2) is 0 Å². The standard InChI is InChI=1S/C14H16N2O/c1-11-4-3-5-12(8-11)9-15-14(17)13-6-7-16(2)10-13/h3-8,10H,9H2,1-2H3,(H,15,17). The lowest BCUT2D eigenvalue weighted by atomic mass is 10.1. The predicted octanol–water partition coefficient (Wildman–Crippen LogP) is 2.26. The van der Waals surface area contributed by atoms with E-state index in [1.165, 1.54) is 5.56 Å². The zero-order valence-corrected chi connectivity index (χ0v) is 10.1. The molecule has 88 valence electrons. The van der Waals surface area contributed by atoms with Crippen molar-refractivity contribution in [3.05, 3.63) is 59.4 Å². The molecule has 1 amide bonds. The van der Waals surface area contributed by atoms with E-state index in [9.17, 15) is 4.79 Å². The van der Waals surface area contributed by atoms with Gasteiger partial charge in [0.25, 0.3) is 5.91 Å². The number of nitrogens with one attached hydrogen (secondary N) is 1. The van der Waals surface area contributed by atoms with Crippen LogP contribution in [0.3, 0.4) is 0 Å². The average molecular weight is 228 g/mol. The summed E-state index contributed by atoms with van der Waals surface area (Å²) in [4.78, 5) is 11.8. The predicted molar refractivity (Wildman–Crippen MR) is 67.8 cm³/mol. The number of hydrogen-bond acceptors (Lipinski definition) is 1. The molecule has 3 nitrogen and oxygen atoms in total. The zero-order valence-electron chi connectivity index (χ0n) is 10.1. The van der Waals surface area contributed by atoms with E-state index in [0.717, 1.165) is 5.56 Å². The Labute approximate surface area is 101 Å². The first kappa shape index (κ1) is 11.5. The van der Waals surface area contributed by atoms with E-state index in [1.807, 2.05) is 55.2 Å². The van der Waals surface area contributed by atoms with Gasteiger partial charge in [0.05, 0.1) is 5.56 Å². The quantitative estimate of drug-likeness (QED) is 0.859. The molecular weight excluding hydrogens is 212 g/mol. The minimum Gasteiger partial charge on any atom is -0.356 e. The number of benzene rings is 1. The van der Waals surface area contributed by atoms with E-state index in [1.54, 1.807) is 0 Å². The first-order valence-corrected chi connectivity index (χ1v) is 5.61. The first-order valence-electron chi connectivity index (χ1n) is 5.61. The van der Waals surface area contributed by atoms with Crippen LogP contribution in [0.2, 0.25) is 0 Å². The smallest absolute Gasteiger partial charge is 0.253 e. The molecular formula is C14H16N2O. The van der Waals surface area contributed by atoms with Gasteiger partial charge in [-0.25, -0.2) is 0 Å². The van der Waals surface area contributed by atoms with Crippen LogP contribution in [0, 0.1) is 6.92 Å². The number of nitrogens with zero attached hydrogens (tertiary/aromatic N) is 1. The van der Waals surface area contributed by atoms with Crippen molar-refractivity contribution in [2.24, 2.45) is 7.05 Å². The Kier molecular flexibility index (Phi) is 3.28. The molecule has 0 radical (unpaired) electrons. The van der Waals surface area contributed by atoms with Crippen LogP contribution in [0.1, 0.15) is 21.5 Å². The molecule has 0 spiro atoms. The number of carbonyl (C=O) groups excluding carboxylic acids is 1. The Morgan fingerprint density at radius 1 is 1.35 bits per heavy atom. The van der Waals surface area contributed by atoms with E-state index >= 15 is 0 Å². The fourth-order valence-corrected chi connectivity index (χ4v) is 1.74. The molecule has 0 aliphatic rings. The molecule has 1 N–H and O–H groups in total. The molecule has 3 heteroatoms. The largest absolute Gasteiger partial charge is 0.356 e. The Morgan fingerprint density at radius 2 is 2.18 bits per heavy atom. The maximum Gasteiger partial charge on any atom is 0.253 e. The van der Waals surface area contributed by atoms with Gasteiger partial charge in [-0.3, -0.25) is 4.79 Å². The van der Waals surface area contributed by atoms with Gasteiger partial charge in [0.1, 0.15) is 0 Å². The van der Waals surface area contributed by atoms with Gasteiger partial charge in [0.2, 0.25) is 0 Å². The van der Waals surface area contributed by atoms with Gasteiger partial charge < -0.3 is 9.88 Å². The molecule has 1 aromatic carbocycles. The van der Waals surface area contributed by atoms with Crippen molar-refractivity contribution in [3.63, 3.8) is 0 Å².